The minimum atomic E-state index is -0.826. The van der Waals surface area contributed by atoms with Gasteiger partial charge in [0, 0.05) is 9.52 Å². The first-order valence-electron chi connectivity index (χ1n) is 20.2. The Bertz CT molecular complexity index is 1920. The summed E-state index contributed by atoms with van der Waals surface area (Å²) in [6.07, 6.45) is 15.0. The van der Waals surface area contributed by atoms with Crippen LogP contribution in [0.2, 0.25) is 12.1 Å². The van der Waals surface area contributed by atoms with Gasteiger partial charge in [-0.15, -0.1) is 69.1 Å². The number of benzene rings is 4. The van der Waals surface area contributed by atoms with Gasteiger partial charge in [0.1, 0.15) is 0 Å². The van der Waals surface area contributed by atoms with Crippen molar-refractivity contribution in [1.82, 2.24) is 0 Å². The Morgan fingerprint density at radius 1 is 0.585 bits per heavy atom. The van der Waals surface area contributed by atoms with E-state index in [9.17, 15) is 0 Å². The fourth-order valence-electron chi connectivity index (χ4n) is 8.38. The molecule has 2 fully saturated rings. The Balaban J connectivity index is 0.000000171. The van der Waals surface area contributed by atoms with Gasteiger partial charge in [0.25, 0.3) is 0 Å². The third-order valence-corrected chi connectivity index (χ3v) is 12.2. The van der Waals surface area contributed by atoms with Crippen LogP contribution in [0.25, 0.3) is 43.8 Å². The van der Waals surface area contributed by atoms with Gasteiger partial charge in [0.15, 0.2) is 0 Å². The molecule has 0 spiro atoms. The second-order valence-corrected chi connectivity index (χ2v) is 20.5. The molecule has 0 aromatic heterocycles. The minimum absolute atomic E-state index is 0.791. The van der Waals surface area contributed by atoms with Crippen LogP contribution in [0.4, 0.5) is 0 Å². The van der Waals surface area contributed by atoms with Crippen LogP contribution in [0, 0.1) is 6.92 Å². The third-order valence-electron chi connectivity index (χ3n) is 11.2. The number of hydrogen-bond donors (Lipinski definition) is 0. The summed E-state index contributed by atoms with van der Waals surface area (Å²) in [6, 6.07) is 44.1. The number of rotatable bonds is 7. The second-order valence-electron chi connectivity index (χ2n) is 14.8. The van der Waals surface area contributed by atoms with Crippen LogP contribution >= 0.6 is 17.0 Å². The monoisotopic (exact) mass is 834 g/mol. The summed E-state index contributed by atoms with van der Waals surface area (Å²) in [4.78, 5) is 0. The van der Waals surface area contributed by atoms with E-state index < -0.39 is 20.8 Å². The molecule has 0 bridgehead atoms. The first kappa shape index (κ1) is 41.9. The van der Waals surface area contributed by atoms with Gasteiger partial charge >= 0.3 is 37.9 Å². The normalized spacial score (nSPS) is 14.7. The molecule has 0 N–H and O–H groups in total. The number of halogens is 2. The summed E-state index contributed by atoms with van der Waals surface area (Å²) >= 11 is -0.826. The van der Waals surface area contributed by atoms with Crippen LogP contribution < -0.4 is 0 Å². The molecule has 2 radical (unpaired) electrons. The Morgan fingerprint density at radius 2 is 1.02 bits per heavy atom. The molecule has 0 nitrogen and oxygen atoms in total. The average Bonchev–Trinajstić information content (AvgIpc) is 3.83. The first-order valence-corrected chi connectivity index (χ1v) is 28.0. The summed E-state index contributed by atoms with van der Waals surface area (Å²) in [5, 5.41) is 5.50. The summed E-state index contributed by atoms with van der Waals surface area (Å²) in [7, 11) is 11.1. The molecule has 4 heteroatoms. The molecule has 53 heavy (non-hydrogen) atoms. The van der Waals surface area contributed by atoms with Crippen molar-refractivity contribution < 1.29 is 20.8 Å². The maximum absolute atomic E-state index is 4.93. The van der Waals surface area contributed by atoms with E-state index in [1.54, 1.807) is 0 Å². The predicted octanol–water partition coefficient (Wildman–Crippen LogP) is 16.4. The predicted molar refractivity (Wildman–Crippen MR) is 234 cm³/mol. The molecule has 0 unspecified atom stereocenters. The van der Waals surface area contributed by atoms with E-state index in [4.69, 9.17) is 17.0 Å². The van der Waals surface area contributed by atoms with Gasteiger partial charge in [-0.3, -0.25) is 0 Å². The Hall–Kier alpha value is -2.22. The second kappa shape index (κ2) is 22.4. The number of fused-ring (bicyclic) bond motifs is 2. The molecule has 2 saturated carbocycles. The van der Waals surface area contributed by atoms with E-state index in [2.05, 4.69) is 137 Å². The van der Waals surface area contributed by atoms with E-state index in [1.165, 1.54) is 152 Å². The molecule has 0 atom stereocenters. The van der Waals surface area contributed by atoms with Gasteiger partial charge in [0.2, 0.25) is 0 Å². The van der Waals surface area contributed by atoms with Crippen molar-refractivity contribution in [1.29, 1.82) is 0 Å². The van der Waals surface area contributed by atoms with E-state index >= 15 is 0 Å². The van der Waals surface area contributed by atoms with Crippen molar-refractivity contribution in [3.05, 3.63) is 131 Å². The van der Waals surface area contributed by atoms with Crippen molar-refractivity contribution in [2.45, 2.75) is 122 Å². The molecule has 276 valence electrons. The zero-order valence-electron chi connectivity index (χ0n) is 32.5. The van der Waals surface area contributed by atoms with Crippen molar-refractivity contribution in [3.8, 4) is 22.3 Å². The molecule has 0 amide bonds. The van der Waals surface area contributed by atoms with Crippen molar-refractivity contribution in [3.63, 3.8) is 0 Å². The topological polar surface area (TPSA) is 0 Å². The maximum atomic E-state index is 4.93. The van der Waals surface area contributed by atoms with Gasteiger partial charge in [-0.2, -0.15) is 12.1 Å². The summed E-state index contributed by atoms with van der Waals surface area (Å²) < 4.78 is 0. The Morgan fingerprint density at radius 3 is 1.43 bits per heavy atom. The quantitative estimate of drug-likeness (QED) is 0.111. The molecule has 0 heterocycles. The van der Waals surface area contributed by atoms with Gasteiger partial charge in [-0.05, 0) is 66.2 Å². The van der Waals surface area contributed by atoms with E-state index in [1.807, 2.05) is 0 Å². The molecule has 0 saturated heterocycles. The van der Waals surface area contributed by atoms with E-state index in [0.29, 0.717) is 0 Å². The SMILES string of the molecule is CC[Si]CC.CCc1cc2c(-c3ccc(C4CCCCC4)cc3)cccc2[cH-]1.Cc1cc2c(-c3ccc(C4CCCCC4)cc3)cccc2[cH-]1.[Cl][Zr+2][Cl]. The van der Waals surface area contributed by atoms with Crippen LogP contribution in [0.5, 0.6) is 0 Å². The van der Waals surface area contributed by atoms with Crippen molar-refractivity contribution >= 4 is 48.1 Å². The van der Waals surface area contributed by atoms with Crippen LogP contribution in [0.1, 0.15) is 119 Å². The van der Waals surface area contributed by atoms with Gasteiger partial charge in [-0.1, -0.05) is 150 Å². The van der Waals surface area contributed by atoms with Crippen molar-refractivity contribution in [2.24, 2.45) is 0 Å². The third kappa shape index (κ3) is 11.9. The fraction of sp³-hybridized carbons (Fsp3) is 0.388. The van der Waals surface area contributed by atoms with Gasteiger partial charge in [-0.25, -0.2) is 0 Å². The molecule has 8 rings (SSSR count). The summed E-state index contributed by atoms with van der Waals surface area (Å²) in [6.45, 7) is 8.85. The fourth-order valence-corrected chi connectivity index (χ4v) is 8.88. The molecule has 0 aliphatic heterocycles. The summed E-state index contributed by atoms with van der Waals surface area (Å²) in [5.41, 5.74) is 11.3. The standard InChI is InChI=1S/C23H25.C22H23.C4H10Si.2ClH.Zr/c1-2-17-15-21-9-6-10-22(23(21)16-17)20-13-11-19(12-14-20)18-7-4-3-5-8-18;1-16-14-20-8-5-9-21(22(20)15-16)19-12-10-18(11-13-19)17-6-3-2-4-7-17;1-3-5-4-2;;;/h6,9-16,18H,2-5,7-8H2,1H3;5,8-15,17H,2-4,6-7H2,1H3;3-4H2,1-2H3;2*1H;/q2*-1;;;;+4/p-2. The zero-order valence-corrected chi connectivity index (χ0v) is 37.5. The van der Waals surface area contributed by atoms with Crippen LogP contribution in [0.15, 0.2) is 109 Å². The van der Waals surface area contributed by atoms with Crippen molar-refractivity contribution in [2.75, 3.05) is 0 Å². The molecule has 6 aromatic carbocycles. The molecule has 6 aromatic rings. The molecule has 2 aliphatic rings. The molecular weight excluding hydrogens is 779 g/mol. The Labute approximate surface area is 342 Å². The first-order chi connectivity index (χ1) is 26.0. The van der Waals surface area contributed by atoms with Gasteiger partial charge < -0.3 is 0 Å². The number of hydrogen-bond acceptors (Lipinski definition) is 0. The van der Waals surface area contributed by atoms with Gasteiger partial charge in [0.05, 0.1) is 0 Å². The van der Waals surface area contributed by atoms with Crippen LogP contribution in [0.3, 0.4) is 0 Å². The average molecular weight is 837 g/mol. The molecule has 2 aliphatic carbocycles. The Kier molecular flexibility index (Phi) is 17.7. The van der Waals surface area contributed by atoms with E-state index in [-0.39, 0.29) is 0 Å². The van der Waals surface area contributed by atoms with E-state index in [0.717, 1.165) is 18.3 Å². The summed E-state index contributed by atoms with van der Waals surface area (Å²) in [5.74, 6) is 1.58. The zero-order chi connectivity index (χ0) is 37.4. The number of aryl methyl sites for hydroxylation is 2. The molecular formula is C49H58Cl2SiZr. The van der Waals surface area contributed by atoms with Crippen LogP contribution in [-0.4, -0.2) is 9.52 Å². The van der Waals surface area contributed by atoms with Crippen LogP contribution in [-0.2, 0) is 27.3 Å².